The van der Waals surface area contributed by atoms with Crippen LogP contribution in [0.15, 0.2) is 41.3 Å². The van der Waals surface area contributed by atoms with Crippen molar-refractivity contribution in [2.75, 3.05) is 6.54 Å². The lowest BCUT2D eigenvalue weighted by Crippen LogP contribution is -2.36. The maximum atomic E-state index is 12.6. The molecule has 126 valence electrons. The van der Waals surface area contributed by atoms with E-state index in [1.54, 1.807) is 23.1 Å². The first-order valence-electron chi connectivity index (χ1n) is 7.14. The Bertz CT molecular complexity index is 929. The summed E-state index contributed by atoms with van der Waals surface area (Å²) in [6.45, 7) is 0.860. The van der Waals surface area contributed by atoms with Crippen LogP contribution in [0.3, 0.4) is 0 Å². The minimum absolute atomic E-state index is 0.0464. The Morgan fingerprint density at radius 3 is 2.46 bits per heavy atom. The molecule has 1 aliphatic heterocycles. The van der Waals surface area contributed by atoms with Gasteiger partial charge in [0.1, 0.15) is 0 Å². The van der Waals surface area contributed by atoms with Gasteiger partial charge in [0.15, 0.2) is 0 Å². The maximum absolute atomic E-state index is 12.6. The Morgan fingerprint density at radius 1 is 1.04 bits per heavy atom. The molecular weight excluding hydrogens is 371 g/mol. The van der Waals surface area contributed by atoms with E-state index in [4.69, 9.17) is 28.3 Å². The molecule has 2 aromatic rings. The standard InChI is InChI=1S/C16H14Cl2N2O3S/c17-14-4-2-11(8-15(14)18)16(21)20-6-5-10-1-3-13(24(19,22)23)7-12(10)9-20/h1-4,7-8H,5-6,9H2,(H2,19,22,23). The lowest BCUT2D eigenvalue weighted by atomic mass is 9.99. The number of halogens is 2. The Kier molecular flexibility index (Phi) is 4.57. The highest BCUT2D eigenvalue weighted by Crippen LogP contribution is 2.26. The van der Waals surface area contributed by atoms with Crippen molar-refractivity contribution in [2.24, 2.45) is 5.14 Å². The number of hydrogen-bond donors (Lipinski definition) is 1. The van der Waals surface area contributed by atoms with E-state index in [9.17, 15) is 13.2 Å². The molecule has 0 bridgehead atoms. The molecule has 1 heterocycles. The van der Waals surface area contributed by atoms with Crippen molar-refractivity contribution in [2.45, 2.75) is 17.9 Å². The second-order valence-electron chi connectivity index (χ2n) is 5.58. The van der Waals surface area contributed by atoms with Crippen LogP contribution in [0.4, 0.5) is 0 Å². The maximum Gasteiger partial charge on any atom is 0.254 e. The summed E-state index contributed by atoms with van der Waals surface area (Å²) in [6.07, 6.45) is 0.646. The fourth-order valence-corrected chi connectivity index (χ4v) is 3.56. The summed E-state index contributed by atoms with van der Waals surface area (Å²) in [7, 11) is -3.77. The third-order valence-corrected chi connectivity index (χ3v) is 5.62. The van der Waals surface area contributed by atoms with E-state index >= 15 is 0 Å². The lowest BCUT2D eigenvalue weighted by Gasteiger charge is -2.29. The molecule has 1 amide bonds. The van der Waals surface area contributed by atoms with Gasteiger partial charge in [-0.1, -0.05) is 29.3 Å². The summed E-state index contributed by atoms with van der Waals surface area (Å²) < 4.78 is 23.0. The van der Waals surface area contributed by atoms with Crippen LogP contribution in [-0.2, 0) is 23.0 Å². The largest absolute Gasteiger partial charge is 0.334 e. The molecule has 0 atom stereocenters. The molecule has 1 aliphatic rings. The smallest absolute Gasteiger partial charge is 0.254 e. The van der Waals surface area contributed by atoms with Gasteiger partial charge in [0, 0.05) is 18.7 Å². The Labute approximate surface area is 150 Å². The van der Waals surface area contributed by atoms with Gasteiger partial charge < -0.3 is 4.90 Å². The first-order valence-corrected chi connectivity index (χ1v) is 9.45. The van der Waals surface area contributed by atoms with Crippen molar-refractivity contribution in [1.29, 1.82) is 0 Å². The molecule has 0 aliphatic carbocycles. The van der Waals surface area contributed by atoms with E-state index in [-0.39, 0.29) is 10.8 Å². The van der Waals surface area contributed by atoms with Crippen LogP contribution < -0.4 is 5.14 Å². The highest BCUT2D eigenvalue weighted by atomic mass is 35.5. The summed E-state index contributed by atoms with van der Waals surface area (Å²) in [5.41, 5.74) is 2.23. The third kappa shape index (κ3) is 3.42. The molecule has 0 saturated carbocycles. The van der Waals surface area contributed by atoms with Crippen LogP contribution in [0.1, 0.15) is 21.5 Å². The second-order valence-corrected chi connectivity index (χ2v) is 7.96. The first-order chi connectivity index (χ1) is 11.3. The van der Waals surface area contributed by atoms with Crippen molar-refractivity contribution in [3.63, 3.8) is 0 Å². The van der Waals surface area contributed by atoms with Crippen LogP contribution in [0.25, 0.3) is 0 Å². The highest BCUT2D eigenvalue weighted by molar-refractivity contribution is 7.89. The van der Waals surface area contributed by atoms with E-state index in [0.717, 1.165) is 11.1 Å². The number of benzene rings is 2. The van der Waals surface area contributed by atoms with Crippen molar-refractivity contribution in [3.05, 3.63) is 63.1 Å². The highest BCUT2D eigenvalue weighted by Gasteiger charge is 2.23. The fraction of sp³-hybridized carbons (Fsp3) is 0.188. The predicted molar refractivity (Wildman–Crippen MR) is 92.7 cm³/mol. The van der Waals surface area contributed by atoms with Gasteiger partial charge in [-0.05, 0) is 47.9 Å². The van der Waals surface area contributed by atoms with E-state index in [0.29, 0.717) is 35.1 Å². The van der Waals surface area contributed by atoms with Gasteiger partial charge in [-0.3, -0.25) is 4.79 Å². The zero-order chi connectivity index (χ0) is 17.5. The van der Waals surface area contributed by atoms with Gasteiger partial charge in [0.2, 0.25) is 10.0 Å². The molecule has 5 nitrogen and oxygen atoms in total. The summed E-state index contributed by atoms with van der Waals surface area (Å²) >= 11 is 11.8. The van der Waals surface area contributed by atoms with Gasteiger partial charge >= 0.3 is 0 Å². The van der Waals surface area contributed by atoms with Gasteiger partial charge in [0.05, 0.1) is 14.9 Å². The predicted octanol–water partition coefficient (Wildman–Crippen LogP) is 2.84. The van der Waals surface area contributed by atoms with Gasteiger partial charge in [-0.15, -0.1) is 0 Å². The van der Waals surface area contributed by atoms with Crippen LogP contribution >= 0.6 is 23.2 Å². The number of fused-ring (bicyclic) bond motifs is 1. The molecule has 0 unspecified atom stereocenters. The SMILES string of the molecule is NS(=O)(=O)c1ccc2c(c1)CN(C(=O)c1ccc(Cl)c(Cl)c1)CC2. The Hall–Kier alpha value is -1.60. The molecule has 0 spiro atoms. The number of primary sulfonamides is 1. The zero-order valence-electron chi connectivity index (χ0n) is 12.5. The van der Waals surface area contributed by atoms with Gasteiger partial charge in [-0.2, -0.15) is 0 Å². The molecule has 0 saturated heterocycles. The number of carbonyl (C=O) groups excluding carboxylic acids is 1. The van der Waals surface area contributed by atoms with Crippen LogP contribution in [0, 0.1) is 0 Å². The summed E-state index contributed by atoms with van der Waals surface area (Å²) in [6, 6.07) is 9.49. The monoisotopic (exact) mass is 384 g/mol. The van der Waals surface area contributed by atoms with Gasteiger partial charge in [0.25, 0.3) is 5.91 Å². The van der Waals surface area contributed by atoms with E-state index in [1.807, 2.05) is 0 Å². The minimum Gasteiger partial charge on any atom is -0.334 e. The molecule has 0 radical (unpaired) electrons. The normalized spacial score (nSPS) is 14.4. The average molecular weight is 385 g/mol. The van der Waals surface area contributed by atoms with Crippen molar-refractivity contribution < 1.29 is 13.2 Å². The quantitative estimate of drug-likeness (QED) is 0.863. The van der Waals surface area contributed by atoms with Gasteiger partial charge in [-0.25, -0.2) is 13.6 Å². The average Bonchev–Trinajstić information content (AvgIpc) is 2.55. The van der Waals surface area contributed by atoms with E-state index < -0.39 is 10.0 Å². The summed E-state index contributed by atoms with van der Waals surface area (Å²) in [5, 5.41) is 5.87. The summed E-state index contributed by atoms with van der Waals surface area (Å²) in [4.78, 5) is 14.3. The molecule has 3 rings (SSSR count). The minimum atomic E-state index is -3.77. The third-order valence-electron chi connectivity index (χ3n) is 3.97. The summed E-state index contributed by atoms with van der Waals surface area (Å²) in [5.74, 6) is -0.180. The Balaban J connectivity index is 1.88. The number of amides is 1. The number of rotatable bonds is 2. The second kappa shape index (κ2) is 6.37. The molecule has 0 aromatic heterocycles. The number of carbonyl (C=O) groups is 1. The van der Waals surface area contributed by atoms with E-state index in [2.05, 4.69) is 0 Å². The number of nitrogens with two attached hydrogens (primary N) is 1. The van der Waals surface area contributed by atoms with Crippen molar-refractivity contribution in [1.82, 2.24) is 4.90 Å². The van der Waals surface area contributed by atoms with Crippen LogP contribution in [-0.4, -0.2) is 25.8 Å². The zero-order valence-corrected chi connectivity index (χ0v) is 14.8. The van der Waals surface area contributed by atoms with Crippen molar-refractivity contribution in [3.8, 4) is 0 Å². The Morgan fingerprint density at radius 2 is 1.79 bits per heavy atom. The number of hydrogen-bond acceptors (Lipinski definition) is 3. The number of nitrogens with zero attached hydrogens (tertiary/aromatic N) is 1. The number of sulfonamides is 1. The first kappa shape index (κ1) is 17.2. The topological polar surface area (TPSA) is 80.5 Å². The van der Waals surface area contributed by atoms with Crippen molar-refractivity contribution >= 4 is 39.1 Å². The molecule has 0 fully saturated rings. The molecule has 8 heteroatoms. The fourth-order valence-electron chi connectivity index (χ4n) is 2.70. The molecule has 2 aromatic carbocycles. The lowest BCUT2D eigenvalue weighted by molar-refractivity contribution is 0.0734. The molecular formula is C16H14Cl2N2O3S. The molecule has 24 heavy (non-hydrogen) atoms. The van der Waals surface area contributed by atoms with Crippen LogP contribution in [0.2, 0.25) is 10.0 Å². The van der Waals surface area contributed by atoms with Crippen LogP contribution in [0.5, 0.6) is 0 Å². The van der Waals surface area contributed by atoms with E-state index in [1.165, 1.54) is 18.2 Å². The molecule has 2 N–H and O–H groups in total.